The Bertz CT molecular complexity index is 413. The molecule has 6 heteroatoms. The second kappa shape index (κ2) is 10.00. The second-order valence-electron chi connectivity index (χ2n) is 4.78. The van der Waals surface area contributed by atoms with E-state index in [1.54, 1.807) is 7.05 Å². The number of rotatable bonds is 7. The van der Waals surface area contributed by atoms with Crippen LogP contribution in [-0.4, -0.2) is 56.5 Å². The van der Waals surface area contributed by atoms with Crippen molar-refractivity contribution < 1.29 is 4.79 Å². The lowest BCUT2D eigenvalue weighted by atomic mass is 10.2. The van der Waals surface area contributed by atoms with Gasteiger partial charge in [-0.2, -0.15) is 0 Å². The third-order valence-corrected chi connectivity index (χ3v) is 3.00. The van der Waals surface area contributed by atoms with Crippen molar-refractivity contribution >= 4 is 29.9 Å². The lowest BCUT2D eigenvalue weighted by Gasteiger charge is -2.24. The second-order valence-corrected chi connectivity index (χ2v) is 5.22. The van der Waals surface area contributed by atoms with Crippen LogP contribution in [0.25, 0.3) is 0 Å². The number of nitrogens with one attached hydrogen (secondary N) is 1. The Morgan fingerprint density at radius 3 is 2.55 bits per heavy atom. The molecule has 1 aromatic carbocycles. The van der Waals surface area contributed by atoms with E-state index in [1.807, 2.05) is 43.3 Å². The molecule has 0 spiro atoms. The first-order chi connectivity index (χ1) is 9.02. The predicted molar refractivity (Wildman–Crippen MR) is 86.6 cm³/mol. The van der Waals surface area contributed by atoms with Crippen LogP contribution in [0.15, 0.2) is 24.3 Å². The minimum atomic E-state index is 0. The summed E-state index contributed by atoms with van der Waals surface area (Å²) in [6.07, 6.45) is 0. The minimum absolute atomic E-state index is 0. The average Bonchev–Trinajstić information content (AvgIpc) is 2.34. The molecule has 0 bridgehead atoms. The smallest absolute Gasteiger partial charge is 0.236 e. The molecule has 0 aromatic heterocycles. The monoisotopic (exact) mass is 319 g/mol. The molecule has 0 atom stereocenters. The quantitative estimate of drug-likeness (QED) is 0.833. The van der Waals surface area contributed by atoms with Gasteiger partial charge in [0.2, 0.25) is 5.91 Å². The van der Waals surface area contributed by atoms with Crippen molar-refractivity contribution in [2.75, 3.05) is 40.8 Å². The van der Waals surface area contributed by atoms with Crippen LogP contribution in [0.2, 0.25) is 5.02 Å². The van der Waals surface area contributed by atoms with E-state index in [2.05, 4.69) is 10.2 Å². The summed E-state index contributed by atoms with van der Waals surface area (Å²) in [7, 11) is 5.78. The number of nitrogens with zero attached hydrogens (tertiary/aromatic N) is 2. The molecule has 0 aliphatic rings. The number of carbonyl (C=O) groups is 1. The molecule has 0 fully saturated rings. The molecule has 0 saturated heterocycles. The van der Waals surface area contributed by atoms with Gasteiger partial charge in [-0.3, -0.25) is 4.79 Å². The van der Waals surface area contributed by atoms with Crippen LogP contribution in [0.4, 0.5) is 0 Å². The summed E-state index contributed by atoms with van der Waals surface area (Å²) in [4.78, 5) is 16.0. The largest absolute Gasteiger partial charge is 0.336 e. The summed E-state index contributed by atoms with van der Waals surface area (Å²) >= 11 is 5.97. The van der Waals surface area contributed by atoms with E-state index in [1.165, 1.54) is 0 Å². The molecule has 0 aliphatic heterocycles. The Morgan fingerprint density at radius 1 is 1.30 bits per heavy atom. The average molecular weight is 320 g/mol. The topological polar surface area (TPSA) is 35.6 Å². The molecule has 1 N–H and O–H groups in total. The zero-order chi connectivity index (χ0) is 14.3. The maximum atomic E-state index is 12.1. The van der Waals surface area contributed by atoms with Crippen LogP contribution in [0.3, 0.4) is 0 Å². The predicted octanol–water partition coefficient (Wildman–Crippen LogP) is 1.87. The lowest BCUT2D eigenvalue weighted by molar-refractivity contribution is -0.130. The fraction of sp³-hybridized carbons (Fsp3) is 0.500. The van der Waals surface area contributed by atoms with Gasteiger partial charge in [-0.05, 0) is 38.8 Å². The summed E-state index contributed by atoms with van der Waals surface area (Å²) in [6, 6.07) is 7.63. The Labute approximate surface area is 132 Å². The number of benzene rings is 1. The number of hydrogen-bond donors (Lipinski definition) is 1. The summed E-state index contributed by atoms with van der Waals surface area (Å²) < 4.78 is 0. The van der Waals surface area contributed by atoms with Gasteiger partial charge in [-0.15, -0.1) is 12.4 Å². The van der Waals surface area contributed by atoms with Crippen LogP contribution in [0.1, 0.15) is 5.56 Å². The third-order valence-electron chi connectivity index (χ3n) is 2.76. The fourth-order valence-electron chi connectivity index (χ4n) is 1.73. The first-order valence-corrected chi connectivity index (χ1v) is 6.72. The Morgan fingerprint density at radius 2 is 2.00 bits per heavy atom. The van der Waals surface area contributed by atoms with E-state index >= 15 is 0 Å². The minimum Gasteiger partial charge on any atom is -0.336 e. The summed E-state index contributed by atoms with van der Waals surface area (Å²) in [5.41, 5.74) is 1.05. The highest BCUT2D eigenvalue weighted by atomic mass is 35.5. The van der Waals surface area contributed by atoms with E-state index in [-0.39, 0.29) is 18.3 Å². The van der Waals surface area contributed by atoms with Crippen molar-refractivity contribution in [3.63, 3.8) is 0 Å². The van der Waals surface area contributed by atoms with E-state index in [9.17, 15) is 4.79 Å². The van der Waals surface area contributed by atoms with Crippen LogP contribution in [0, 0.1) is 0 Å². The molecule has 0 heterocycles. The van der Waals surface area contributed by atoms with Crippen molar-refractivity contribution in [2.45, 2.75) is 6.54 Å². The molecule has 0 saturated carbocycles. The standard InChI is InChI=1S/C14H22ClN3O.ClH/c1-16-10-14(19)18(8-7-17(2)3)11-12-5-4-6-13(15)9-12;/h4-6,9,16H,7-8,10-11H2,1-3H3;1H. The zero-order valence-corrected chi connectivity index (χ0v) is 13.8. The number of amides is 1. The zero-order valence-electron chi connectivity index (χ0n) is 12.2. The van der Waals surface area contributed by atoms with E-state index < -0.39 is 0 Å². The summed E-state index contributed by atoms with van der Waals surface area (Å²) in [6.45, 7) is 2.50. The highest BCUT2D eigenvalue weighted by molar-refractivity contribution is 6.30. The molecule has 20 heavy (non-hydrogen) atoms. The van der Waals surface area contributed by atoms with Crippen LogP contribution >= 0.6 is 24.0 Å². The molecule has 114 valence electrons. The first-order valence-electron chi connectivity index (χ1n) is 6.34. The Hall–Kier alpha value is -0.810. The first kappa shape index (κ1) is 19.2. The highest BCUT2D eigenvalue weighted by Gasteiger charge is 2.13. The molecule has 1 amide bonds. The number of carbonyl (C=O) groups excluding carboxylic acids is 1. The van der Waals surface area contributed by atoms with Crippen LogP contribution < -0.4 is 5.32 Å². The van der Waals surface area contributed by atoms with Crippen molar-refractivity contribution in [3.05, 3.63) is 34.9 Å². The van der Waals surface area contributed by atoms with Gasteiger partial charge in [0.1, 0.15) is 0 Å². The summed E-state index contributed by atoms with van der Waals surface area (Å²) in [5.74, 6) is 0.101. The van der Waals surface area contributed by atoms with E-state index in [0.717, 1.165) is 12.1 Å². The van der Waals surface area contributed by atoms with Gasteiger partial charge in [0.05, 0.1) is 6.54 Å². The SMILES string of the molecule is CNCC(=O)N(CCN(C)C)Cc1cccc(Cl)c1.Cl. The number of likely N-dealkylation sites (N-methyl/N-ethyl adjacent to an activating group) is 2. The fourth-order valence-corrected chi connectivity index (χ4v) is 1.94. The number of halogens is 2. The van der Waals surface area contributed by atoms with Crippen molar-refractivity contribution in [1.82, 2.24) is 15.1 Å². The van der Waals surface area contributed by atoms with Gasteiger partial charge in [0, 0.05) is 24.7 Å². The third kappa shape index (κ3) is 7.10. The Balaban J connectivity index is 0.00000361. The van der Waals surface area contributed by atoms with Crippen molar-refractivity contribution in [3.8, 4) is 0 Å². The molecule has 1 rings (SSSR count). The van der Waals surface area contributed by atoms with Crippen LogP contribution in [-0.2, 0) is 11.3 Å². The molecule has 0 aliphatic carbocycles. The Kier molecular flexibility index (Phi) is 9.59. The van der Waals surface area contributed by atoms with Gasteiger partial charge < -0.3 is 15.1 Å². The van der Waals surface area contributed by atoms with Gasteiger partial charge in [-0.25, -0.2) is 0 Å². The maximum Gasteiger partial charge on any atom is 0.236 e. The molecule has 0 unspecified atom stereocenters. The normalized spacial score (nSPS) is 10.2. The van der Waals surface area contributed by atoms with E-state index in [0.29, 0.717) is 24.7 Å². The molecular weight excluding hydrogens is 297 g/mol. The number of hydrogen-bond acceptors (Lipinski definition) is 3. The maximum absolute atomic E-state index is 12.1. The molecular formula is C14H23Cl2N3O. The van der Waals surface area contributed by atoms with Gasteiger partial charge >= 0.3 is 0 Å². The summed E-state index contributed by atoms with van der Waals surface area (Å²) in [5, 5.41) is 3.60. The molecule has 4 nitrogen and oxygen atoms in total. The van der Waals surface area contributed by atoms with Gasteiger partial charge in [0.25, 0.3) is 0 Å². The van der Waals surface area contributed by atoms with Crippen molar-refractivity contribution in [2.24, 2.45) is 0 Å². The highest BCUT2D eigenvalue weighted by Crippen LogP contribution is 2.12. The molecule has 0 radical (unpaired) electrons. The molecule has 1 aromatic rings. The van der Waals surface area contributed by atoms with Crippen molar-refractivity contribution in [1.29, 1.82) is 0 Å². The lowest BCUT2D eigenvalue weighted by Crippen LogP contribution is -2.40. The van der Waals surface area contributed by atoms with E-state index in [4.69, 9.17) is 11.6 Å². The van der Waals surface area contributed by atoms with Gasteiger partial charge in [0.15, 0.2) is 0 Å². The van der Waals surface area contributed by atoms with Gasteiger partial charge in [-0.1, -0.05) is 23.7 Å². The van der Waals surface area contributed by atoms with Crippen LogP contribution in [0.5, 0.6) is 0 Å².